The molecule has 0 spiro atoms. The number of rotatable bonds is 5. The second kappa shape index (κ2) is 5.46. The molecule has 1 atom stereocenters. The molecule has 1 heterocycles. The number of benzene rings is 1. The topological polar surface area (TPSA) is 77.0 Å². The zero-order chi connectivity index (χ0) is 13.9. The van der Waals surface area contributed by atoms with Crippen LogP contribution in [0.2, 0.25) is 0 Å². The van der Waals surface area contributed by atoms with Crippen molar-refractivity contribution in [3.8, 4) is 11.5 Å². The summed E-state index contributed by atoms with van der Waals surface area (Å²) >= 11 is 0. The summed E-state index contributed by atoms with van der Waals surface area (Å²) in [6.45, 7) is 2.26. The van der Waals surface area contributed by atoms with Crippen LogP contribution in [0.3, 0.4) is 0 Å². The number of fused-ring (bicyclic) bond motifs is 1. The van der Waals surface area contributed by atoms with Crippen LogP contribution < -0.4 is 14.8 Å². The zero-order valence-electron chi connectivity index (χ0n) is 10.9. The van der Waals surface area contributed by atoms with E-state index < -0.39 is 11.6 Å². The van der Waals surface area contributed by atoms with E-state index in [1.165, 1.54) is 14.0 Å². The minimum absolute atomic E-state index is 0.105. The van der Waals surface area contributed by atoms with Crippen molar-refractivity contribution >= 4 is 5.97 Å². The molecule has 0 saturated carbocycles. The van der Waals surface area contributed by atoms with E-state index in [1.807, 2.05) is 18.2 Å². The number of hydrogen-bond donors (Lipinski definition) is 2. The maximum Gasteiger partial charge on any atom is 0.338 e. The quantitative estimate of drug-likeness (QED) is 0.753. The van der Waals surface area contributed by atoms with Gasteiger partial charge < -0.3 is 24.6 Å². The lowest BCUT2D eigenvalue weighted by molar-refractivity contribution is -0.159. The minimum Gasteiger partial charge on any atom is -0.467 e. The molecule has 2 rings (SSSR count). The highest BCUT2D eigenvalue weighted by Crippen LogP contribution is 2.32. The Hall–Kier alpha value is -1.79. The van der Waals surface area contributed by atoms with E-state index in [0.29, 0.717) is 12.3 Å². The van der Waals surface area contributed by atoms with Gasteiger partial charge in [-0.25, -0.2) is 4.79 Å². The summed E-state index contributed by atoms with van der Waals surface area (Å²) in [5.74, 6) is 0.773. The number of aliphatic hydroxyl groups is 1. The van der Waals surface area contributed by atoms with E-state index in [0.717, 1.165) is 11.3 Å². The van der Waals surface area contributed by atoms with Crippen LogP contribution in [0.15, 0.2) is 18.2 Å². The highest BCUT2D eigenvalue weighted by atomic mass is 16.7. The van der Waals surface area contributed by atoms with Gasteiger partial charge in [-0.05, 0) is 24.6 Å². The molecule has 0 saturated heterocycles. The van der Waals surface area contributed by atoms with Crippen molar-refractivity contribution in [1.29, 1.82) is 0 Å². The molecule has 1 aliphatic heterocycles. The molecule has 6 nitrogen and oxygen atoms in total. The van der Waals surface area contributed by atoms with E-state index in [2.05, 4.69) is 10.1 Å². The predicted octanol–water partition coefficient (Wildman–Crippen LogP) is 0.429. The Balaban J connectivity index is 1.88. The third-order valence-electron chi connectivity index (χ3n) is 2.86. The van der Waals surface area contributed by atoms with E-state index >= 15 is 0 Å². The van der Waals surface area contributed by atoms with Crippen molar-refractivity contribution in [2.45, 2.75) is 19.1 Å². The molecule has 1 aliphatic rings. The van der Waals surface area contributed by atoms with Gasteiger partial charge in [-0.3, -0.25) is 0 Å². The SMILES string of the molecule is COC(=O)C(C)(O)CNCc1ccc2c(c1)OCO2. The third kappa shape index (κ3) is 3.15. The molecule has 1 aromatic rings. The second-order valence-corrected chi connectivity index (χ2v) is 4.56. The van der Waals surface area contributed by atoms with Crippen molar-refractivity contribution in [3.63, 3.8) is 0 Å². The number of methoxy groups -OCH3 is 1. The molecule has 0 fully saturated rings. The average Bonchev–Trinajstić information content (AvgIpc) is 2.84. The van der Waals surface area contributed by atoms with Crippen LogP contribution >= 0.6 is 0 Å². The fraction of sp³-hybridized carbons (Fsp3) is 0.462. The van der Waals surface area contributed by atoms with Gasteiger partial charge in [0, 0.05) is 13.1 Å². The monoisotopic (exact) mass is 267 g/mol. The maximum atomic E-state index is 11.3. The number of esters is 1. The largest absolute Gasteiger partial charge is 0.467 e. The van der Waals surface area contributed by atoms with Crippen molar-refractivity contribution < 1.29 is 24.1 Å². The molecule has 0 amide bonds. The summed E-state index contributed by atoms with van der Waals surface area (Å²) in [5, 5.41) is 12.8. The Morgan fingerprint density at radius 3 is 2.95 bits per heavy atom. The van der Waals surface area contributed by atoms with Gasteiger partial charge in [-0.2, -0.15) is 0 Å². The van der Waals surface area contributed by atoms with Crippen LogP contribution in [0.5, 0.6) is 11.5 Å². The highest BCUT2D eigenvalue weighted by molar-refractivity contribution is 5.78. The van der Waals surface area contributed by atoms with Crippen LogP contribution in [-0.4, -0.2) is 37.1 Å². The van der Waals surface area contributed by atoms with E-state index in [4.69, 9.17) is 9.47 Å². The molecule has 0 bridgehead atoms. The highest BCUT2D eigenvalue weighted by Gasteiger charge is 2.30. The standard InChI is InChI=1S/C13H17NO5/c1-13(16,12(15)17-2)7-14-6-9-3-4-10-11(5-9)19-8-18-10/h3-5,14,16H,6-8H2,1-2H3. The van der Waals surface area contributed by atoms with Crippen LogP contribution in [0.1, 0.15) is 12.5 Å². The second-order valence-electron chi connectivity index (χ2n) is 4.56. The van der Waals surface area contributed by atoms with E-state index in [-0.39, 0.29) is 13.3 Å². The summed E-state index contributed by atoms with van der Waals surface area (Å²) < 4.78 is 15.0. The first-order valence-corrected chi connectivity index (χ1v) is 5.93. The van der Waals surface area contributed by atoms with Crippen molar-refractivity contribution in [1.82, 2.24) is 5.32 Å². The van der Waals surface area contributed by atoms with Crippen molar-refractivity contribution in [3.05, 3.63) is 23.8 Å². The summed E-state index contributed by atoms with van der Waals surface area (Å²) in [6.07, 6.45) is 0. The normalized spacial score (nSPS) is 15.9. The minimum atomic E-state index is -1.54. The number of carbonyl (C=O) groups excluding carboxylic acids is 1. The lowest BCUT2D eigenvalue weighted by Crippen LogP contribution is -2.45. The van der Waals surface area contributed by atoms with Gasteiger partial charge >= 0.3 is 5.97 Å². The van der Waals surface area contributed by atoms with Gasteiger partial charge in [0.15, 0.2) is 17.1 Å². The predicted molar refractivity (Wildman–Crippen MR) is 66.9 cm³/mol. The Morgan fingerprint density at radius 1 is 1.47 bits per heavy atom. The van der Waals surface area contributed by atoms with Gasteiger partial charge in [-0.15, -0.1) is 0 Å². The number of nitrogens with one attached hydrogen (secondary N) is 1. The first-order chi connectivity index (χ1) is 9.03. The van der Waals surface area contributed by atoms with Gasteiger partial charge in [0.2, 0.25) is 6.79 Å². The van der Waals surface area contributed by atoms with Gasteiger partial charge in [0.05, 0.1) is 7.11 Å². The van der Waals surface area contributed by atoms with E-state index in [1.54, 1.807) is 0 Å². The summed E-state index contributed by atoms with van der Waals surface area (Å²) in [6, 6.07) is 5.59. The third-order valence-corrected chi connectivity index (χ3v) is 2.86. The van der Waals surface area contributed by atoms with Gasteiger partial charge in [0.1, 0.15) is 0 Å². The van der Waals surface area contributed by atoms with Gasteiger partial charge in [-0.1, -0.05) is 6.07 Å². The van der Waals surface area contributed by atoms with Crippen LogP contribution in [0.4, 0.5) is 0 Å². The van der Waals surface area contributed by atoms with Gasteiger partial charge in [0.25, 0.3) is 0 Å². The molecular weight excluding hydrogens is 250 g/mol. The molecule has 0 aliphatic carbocycles. The average molecular weight is 267 g/mol. The Labute approximate surface area is 111 Å². The number of ether oxygens (including phenoxy) is 3. The molecule has 0 aromatic heterocycles. The lowest BCUT2D eigenvalue weighted by atomic mass is 10.1. The molecule has 2 N–H and O–H groups in total. The Kier molecular flexibility index (Phi) is 3.92. The van der Waals surface area contributed by atoms with Crippen molar-refractivity contribution in [2.75, 3.05) is 20.4 Å². The molecular formula is C13H17NO5. The molecule has 104 valence electrons. The first kappa shape index (κ1) is 13.6. The molecule has 1 unspecified atom stereocenters. The smallest absolute Gasteiger partial charge is 0.338 e. The van der Waals surface area contributed by atoms with E-state index in [9.17, 15) is 9.90 Å². The molecule has 1 aromatic carbocycles. The summed E-state index contributed by atoms with van der Waals surface area (Å²) in [7, 11) is 1.24. The fourth-order valence-corrected chi connectivity index (χ4v) is 1.79. The van der Waals surface area contributed by atoms with Crippen molar-refractivity contribution in [2.24, 2.45) is 0 Å². The molecule has 6 heteroatoms. The van der Waals surface area contributed by atoms with Crippen LogP contribution in [0, 0.1) is 0 Å². The zero-order valence-corrected chi connectivity index (χ0v) is 10.9. The lowest BCUT2D eigenvalue weighted by Gasteiger charge is -2.20. The Morgan fingerprint density at radius 2 is 2.21 bits per heavy atom. The Bertz CT molecular complexity index is 472. The molecule has 19 heavy (non-hydrogen) atoms. The fourth-order valence-electron chi connectivity index (χ4n) is 1.79. The summed E-state index contributed by atoms with van der Waals surface area (Å²) in [4.78, 5) is 11.3. The number of carbonyl (C=O) groups is 1. The van der Waals surface area contributed by atoms with Crippen LogP contribution in [0.25, 0.3) is 0 Å². The molecule has 0 radical (unpaired) electrons. The number of hydrogen-bond acceptors (Lipinski definition) is 6. The maximum absolute atomic E-state index is 11.3. The first-order valence-electron chi connectivity index (χ1n) is 5.93. The summed E-state index contributed by atoms with van der Waals surface area (Å²) in [5.41, 5.74) is -0.560. The van der Waals surface area contributed by atoms with Crippen LogP contribution in [-0.2, 0) is 16.1 Å².